The molecule has 1 atom stereocenters. The number of sulfone groups is 1. The molecule has 1 saturated heterocycles. The van der Waals surface area contributed by atoms with Crippen LogP contribution in [0.25, 0.3) is 0 Å². The van der Waals surface area contributed by atoms with Gasteiger partial charge in [0.25, 0.3) is 0 Å². The first-order valence-electron chi connectivity index (χ1n) is 7.91. The number of nitrogens with one attached hydrogen (secondary N) is 3. The molecule has 3 N–H and O–H groups in total. The number of unbranched alkanes of at least 4 members (excludes halogenated alkanes) is 2. The molecule has 0 saturated carbocycles. The number of nitrogens with zero attached hydrogens (tertiary/aromatic N) is 1. The van der Waals surface area contributed by atoms with Gasteiger partial charge in [0.1, 0.15) is 0 Å². The first-order chi connectivity index (χ1) is 10.5. The minimum Gasteiger partial charge on any atom is -0.356 e. The van der Waals surface area contributed by atoms with E-state index in [9.17, 15) is 13.2 Å². The van der Waals surface area contributed by atoms with E-state index in [4.69, 9.17) is 0 Å². The third-order valence-electron chi connectivity index (χ3n) is 3.54. The normalized spacial score (nSPS) is 20.6. The fourth-order valence-corrected chi connectivity index (χ4v) is 3.98. The molecule has 22 heavy (non-hydrogen) atoms. The maximum Gasteiger partial charge on any atom is 0.222 e. The molecule has 0 aromatic carbocycles. The van der Waals surface area contributed by atoms with Crippen LogP contribution in [0.2, 0.25) is 0 Å². The van der Waals surface area contributed by atoms with Crippen molar-refractivity contribution in [3.8, 4) is 0 Å². The van der Waals surface area contributed by atoms with E-state index in [1.807, 2.05) is 0 Å². The summed E-state index contributed by atoms with van der Waals surface area (Å²) in [6.45, 7) is 3.49. The lowest BCUT2D eigenvalue weighted by atomic mass is 10.2. The van der Waals surface area contributed by atoms with Crippen LogP contribution in [0.1, 0.15) is 39.0 Å². The van der Waals surface area contributed by atoms with Crippen molar-refractivity contribution in [2.45, 2.75) is 45.1 Å². The third kappa shape index (κ3) is 7.63. The quantitative estimate of drug-likeness (QED) is 0.331. The zero-order valence-electron chi connectivity index (χ0n) is 13.5. The first-order valence-corrected chi connectivity index (χ1v) is 9.73. The Hall–Kier alpha value is -1.31. The first kappa shape index (κ1) is 18.7. The van der Waals surface area contributed by atoms with Crippen molar-refractivity contribution in [1.82, 2.24) is 16.0 Å². The number of amides is 1. The molecule has 1 unspecified atom stereocenters. The molecular formula is C14H28N4O3S. The third-order valence-corrected chi connectivity index (χ3v) is 5.31. The molecule has 8 heteroatoms. The Bertz CT molecular complexity index is 476. The standard InChI is InChI=1S/C14H28N4O3S/c1-3-4-5-8-16-14(15-2)17-9-6-13(19)18-12-7-10-22(20,21)11-12/h12H,3-11H2,1-2H3,(H,18,19)(H2,15,16,17). The Balaban J connectivity index is 2.15. The van der Waals surface area contributed by atoms with Gasteiger partial charge in [-0.15, -0.1) is 0 Å². The predicted octanol–water partition coefficient (Wildman–Crippen LogP) is 0.0350. The molecule has 0 aromatic heterocycles. The van der Waals surface area contributed by atoms with E-state index in [-0.39, 0.29) is 23.5 Å². The molecule has 0 radical (unpaired) electrons. The summed E-state index contributed by atoms with van der Waals surface area (Å²) in [6, 6.07) is -0.232. The van der Waals surface area contributed by atoms with Crippen molar-refractivity contribution in [1.29, 1.82) is 0 Å². The number of aliphatic imine (C=N–C) groups is 1. The summed E-state index contributed by atoms with van der Waals surface area (Å²) in [7, 11) is -1.26. The molecule has 1 amide bonds. The Morgan fingerprint density at radius 1 is 1.23 bits per heavy atom. The van der Waals surface area contributed by atoms with Gasteiger partial charge in [-0.25, -0.2) is 8.42 Å². The number of carbonyl (C=O) groups excluding carboxylic acids is 1. The lowest BCUT2D eigenvalue weighted by Gasteiger charge is -2.13. The van der Waals surface area contributed by atoms with Crippen molar-refractivity contribution in [3.05, 3.63) is 0 Å². The van der Waals surface area contributed by atoms with Crippen LogP contribution in [0.5, 0.6) is 0 Å². The van der Waals surface area contributed by atoms with Gasteiger partial charge in [-0.1, -0.05) is 19.8 Å². The molecule has 7 nitrogen and oxygen atoms in total. The van der Waals surface area contributed by atoms with Crippen molar-refractivity contribution in [2.24, 2.45) is 4.99 Å². The minimum absolute atomic E-state index is 0.0623. The van der Waals surface area contributed by atoms with Crippen LogP contribution >= 0.6 is 0 Å². The lowest BCUT2D eigenvalue weighted by molar-refractivity contribution is -0.121. The highest BCUT2D eigenvalue weighted by Gasteiger charge is 2.28. The Morgan fingerprint density at radius 3 is 2.55 bits per heavy atom. The highest BCUT2D eigenvalue weighted by molar-refractivity contribution is 7.91. The lowest BCUT2D eigenvalue weighted by Crippen LogP contribution is -2.41. The van der Waals surface area contributed by atoms with Crippen molar-refractivity contribution >= 4 is 21.7 Å². The van der Waals surface area contributed by atoms with E-state index in [1.165, 1.54) is 12.8 Å². The summed E-state index contributed by atoms with van der Waals surface area (Å²) >= 11 is 0. The molecule has 1 heterocycles. The topological polar surface area (TPSA) is 99.7 Å². The Morgan fingerprint density at radius 2 is 1.95 bits per heavy atom. The molecule has 0 spiro atoms. The van der Waals surface area contributed by atoms with Crippen LogP contribution in [0.3, 0.4) is 0 Å². The minimum atomic E-state index is -2.95. The predicted molar refractivity (Wildman–Crippen MR) is 88.7 cm³/mol. The average Bonchev–Trinajstić information content (AvgIpc) is 2.80. The van der Waals surface area contributed by atoms with E-state index in [2.05, 4.69) is 27.9 Å². The second-order valence-electron chi connectivity index (χ2n) is 5.55. The number of hydrogen-bond donors (Lipinski definition) is 3. The van der Waals surface area contributed by atoms with Gasteiger partial charge in [0, 0.05) is 32.6 Å². The van der Waals surface area contributed by atoms with Gasteiger partial charge in [0.15, 0.2) is 15.8 Å². The summed E-state index contributed by atoms with van der Waals surface area (Å²) in [4.78, 5) is 15.9. The average molecular weight is 332 g/mol. The van der Waals surface area contributed by atoms with Crippen LogP contribution in [0.15, 0.2) is 4.99 Å². The summed E-state index contributed by atoms with van der Waals surface area (Å²) < 4.78 is 22.6. The summed E-state index contributed by atoms with van der Waals surface area (Å²) in [5.41, 5.74) is 0. The van der Waals surface area contributed by atoms with E-state index in [1.54, 1.807) is 7.05 Å². The van der Waals surface area contributed by atoms with Gasteiger partial charge in [-0.3, -0.25) is 9.79 Å². The van der Waals surface area contributed by atoms with Gasteiger partial charge < -0.3 is 16.0 Å². The second-order valence-corrected chi connectivity index (χ2v) is 7.78. The largest absolute Gasteiger partial charge is 0.356 e. The zero-order chi connectivity index (χ0) is 16.4. The van der Waals surface area contributed by atoms with Crippen LogP contribution in [0, 0.1) is 0 Å². The molecule has 0 bridgehead atoms. The second kappa shape index (κ2) is 9.66. The molecule has 128 valence electrons. The van der Waals surface area contributed by atoms with Gasteiger partial charge in [-0.05, 0) is 12.8 Å². The van der Waals surface area contributed by atoms with Gasteiger partial charge >= 0.3 is 0 Å². The van der Waals surface area contributed by atoms with Crippen LogP contribution in [-0.4, -0.2) is 58.0 Å². The highest BCUT2D eigenvalue weighted by Crippen LogP contribution is 2.11. The van der Waals surface area contributed by atoms with E-state index in [0.717, 1.165) is 13.0 Å². The maximum atomic E-state index is 11.8. The van der Waals surface area contributed by atoms with E-state index in [0.29, 0.717) is 25.3 Å². The van der Waals surface area contributed by atoms with Gasteiger partial charge in [0.2, 0.25) is 5.91 Å². The molecule has 0 aliphatic carbocycles. The van der Waals surface area contributed by atoms with E-state index < -0.39 is 9.84 Å². The monoisotopic (exact) mass is 332 g/mol. The van der Waals surface area contributed by atoms with Gasteiger partial charge in [-0.2, -0.15) is 0 Å². The van der Waals surface area contributed by atoms with E-state index >= 15 is 0 Å². The maximum absolute atomic E-state index is 11.8. The van der Waals surface area contributed by atoms with Crippen molar-refractivity contribution < 1.29 is 13.2 Å². The molecule has 1 rings (SSSR count). The summed E-state index contributed by atoms with van der Waals surface area (Å²) in [5, 5.41) is 9.04. The number of carbonyl (C=O) groups is 1. The smallest absolute Gasteiger partial charge is 0.222 e. The van der Waals surface area contributed by atoms with Crippen LogP contribution < -0.4 is 16.0 Å². The number of rotatable bonds is 8. The number of hydrogen-bond acceptors (Lipinski definition) is 4. The zero-order valence-corrected chi connectivity index (χ0v) is 14.3. The fourth-order valence-electron chi connectivity index (χ4n) is 2.31. The fraction of sp³-hybridized carbons (Fsp3) is 0.857. The SMILES string of the molecule is CCCCCNC(=NC)NCCC(=O)NC1CCS(=O)(=O)C1. The molecule has 0 aromatic rings. The van der Waals surface area contributed by atoms with Crippen molar-refractivity contribution in [3.63, 3.8) is 0 Å². The summed E-state index contributed by atoms with van der Waals surface area (Å²) in [6.07, 6.45) is 4.25. The summed E-state index contributed by atoms with van der Waals surface area (Å²) in [5.74, 6) is 0.792. The highest BCUT2D eigenvalue weighted by atomic mass is 32.2. The Kier molecular flexibility index (Phi) is 8.22. The molecular weight excluding hydrogens is 304 g/mol. The molecule has 1 fully saturated rings. The van der Waals surface area contributed by atoms with Crippen LogP contribution in [0.4, 0.5) is 0 Å². The van der Waals surface area contributed by atoms with Gasteiger partial charge in [0.05, 0.1) is 11.5 Å². The van der Waals surface area contributed by atoms with Crippen molar-refractivity contribution in [2.75, 3.05) is 31.6 Å². The number of guanidine groups is 1. The molecule has 1 aliphatic rings. The molecule has 1 aliphatic heterocycles. The Labute approximate surface area is 133 Å². The van der Waals surface area contributed by atoms with Crippen LogP contribution in [-0.2, 0) is 14.6 Å².